The number of hydrogen-bond donors (Lipinski definition) is 3. The normalized spacial score (nSPS) is 15.5. The van der Waals surface area contributed by atoms with E-state index in [1.807, 2.05) is 12.1 Å². The molecule has 0 bridgehead atoms. The van der Waals surface area contributed by atoms with E-state index >= 15 is 0 Å². The predicted molar refractivity (Wildman–Crippen MR) is 101 cm³/mol. The Hall–Kier alpha value is -2.38. The molecule has 2 aromatic carbocycles. The Bertz CT molecular complexity index is 805. The molecular weight excluding hydrogens is 377 g/mol. The summed E-state index contributed by atoms with van der Waals surface area (Å²) in [7, 11) is 4.61. The van der Waals surface area contributed by atoms with Gasteiger partial charge in [-0.15, -0.1) is 12.4 Å². The Balaban J connectivity index is 0.00000261. The van der Waals surface area contributed by atoms with Crippen LogP contribution in [0.15, 0.2) is 18.2 Å². The van der Waals surface area contributed by atoms with Crippen molar-refractivity contribution in [3.05, 3.63) is 40.7 Å². The number of phenolic OH excluding ortho intramolecular Hbond substituents is 2. The second-order valence-corrected chi connectivity index (χ2v) is 6.13. The lowest BCUT2D eigenvalue weighted by Crippen LogP contribution is -2.32. The lowest BCUT2D eigenvalue weighted by molar-refractivity contribution is 0.323. The van der Waals surface area contributed by atoms with Gasteiger partial charge in [-0.3, -0.25) is 0 Å². The molecule has 1 aliphatic heterocycles. The molecule has 0 saturated heterocycles. The molecule has 148 valence electrons. The van der Waals surface area contributed by atoms with Gasteiger partial charge in [-0.05, 0) is 48.7 Å². The molecular formula is C19H23ClFNO5. The number of aromatic hydroxyl groups is 2. The second-order valence-electron chi connectivity index (χ2n) is 6.13. The van der Waals surface area contributed by atoms with E-state index < -0.39 is 17.3 Å². The van der Waals surface area contributed by atoms with Crippen molar-refractivity contribution in [2.45, 2.75) is 18.9 Å². The van der Waals surface area contributed by atoms with Gasteiger partial charge in [0.1, 0.15) is 0 Å². The Kier molecular flexibility index (Phi) is 6.62. The van der Waals surface area contributed by atoms with Crippen LogP contribution in [0.2, 0.25) is 0 Å². The molecule has 0 radical (unpaired) electrons. The van der Waals surface area contributed by atoms with Crippen LogP contribution in [0.5, 0.6) is 28.7 Å². The Labute approximate surface area is 163 Å². The van der Waals surface area contributed by atoms with Gasteiger partial charge in [-0.1, -0.05) is 0 Å². The highest BCUT2D eigenvalue weighted by Gasteiger charge is 2.28. The van der Waals surface area contributed by atoms with E-state index in [4.69, 9.17) is 14.2 Å². The van der Waals surface area contributed by atoms with Gasteiger partial charge in [-0.25, -0.2) is 4.39 Å². The number of fused-ring (bicyclic) bond motifs is 1. The minimum Gasteiger partial charge on any atom is -0.504 e. The fraction of sp³-hybridized carbons (Fsp3) is 0.368. The zero-order chi connectivity index (χ0) is 18.8. The van der Waals surface area contributed by atoms with Gasteiger partial charge in [0.2, 0.25) is 5.75 Å². The van der Waals surface area contributed by atoms with Gasteiger partial charge in [0, 0.05) is 11.6 Å². The summed E-state index contributed by atoms with van der Waals surface area (Å²) in [5.74, 6) is -0.412. The monoisotopic (exact) mass is 399 g/mol. The summed E-state index contributed by atoms with van der Waals surface area (Å²) >= 11 is 0. The quantitative estimate of drug-likeness (QED) is 0.670. The summed E-state index contributed by atoms with van der Waals surface area (Å²) in [6.07, 6.45) is 1.02. The highest BCUT2D eigenvalue weighted by molar-refractivity contribution is 5.85. The molecule has 8 heteroatoms. The first-order valence-electron chi connectivity index (χ1n) is 8.25. The molecule has 2 aromatic rings. The van der Waals surface area contributed by atoms with Gasteiger partial charge in [0.05, 0.1) is 21.3 Å². The van der Waals surface area contributed by atoms with E-state index in [1.54, 1.807) is 0 Å². The van der Waals surface area contributed by atoms with Crippen molar-refractivity contribution in [1.82, 2.24) is 5.32 Å². The second kappa shape index (κ2) is 8.54. The topological polar surface area (TPSA) is 80.2 Å². The van der Waals surface area contributed by atoms with Crippen LogP contribution >= 0.6 is 12.4 Å². The van der Waals surface area contributed by atoms with Gasteiger partial charge in [0.25, 0.3) is 0 Å². The molecule has 1 aliphatic rings. The first-order valence-corrected chi connectivity index (χ1v) is 8.25. The molecule has 6 nitrogen and oxygen atoms in total. The molecule has 1 atom stereocenters. The summed E-state index contributed by atoms with van der Waals surface area (Å²) in [4.78, 5) is 0. The number of halogens is 2. The summed E-state index contributed by atoms with van der Waals surface area (Å²) in [6.45, 7) is 0.645. The fourth-order valence-electron chi connectivity index (χ4n) is 3.42. The van der Waals surface area contributed by atoms with Gasteiger partial charge in [0.15, 0.2) is 28.8 Å². The van der Waals surface area contributed by atoms with Crippen LogP contribution in [0.3, 0.4) is 0 Å². The van der Waals surface area contributed by atoms with Crippen LogP contribution < -0.4 is 19.5 Å². The first kappa shape index (κ1) is 20.9. The zero-order valence-corrected chi connectivity index (χ0v) is 16.2. The molecule has 0 aliphatic carbocycles. The summed E-state index contributed by atoms with van der Waals surface area (Å²) in [5, 5.41) is 22.7. The van der Waals surface area contributed by atoms with E-state index in [0.717, 1.165) is 5.56 Å². The molecule has 27 heavy (non-hydrogen) atoms. The molecule has 3 N–H and O–H groups in total. The largest absolute Gasteiger partial charge is 0.504 e. The van der Waals surface area contributed by atoms with Crippen LogP contribution in [0.25, 0.3) is 0 Å². The van der Waals surface area contributed by atoms with Crippen LogP contribution in [0.4, 0.5) is 4.39 Å². The minimum absolute atomic E-state index is 0. The highest BCUT2D eigenvalue weighted by Crippen LogP contribution is 2.41. The van der Waals surface area contributed by atoms with Crippen LogP contribution in [-0.4, -0.2) is 38.1 Å². The average molecular weight is 400 g/mol. The molecule has 0 fully saturated rings. The van der Waals surface area contributed by atoms with Crippen molar-refractivity contribution < 1.29 is 28.8 Å². The Morgan fingerprint density at radius 3 is 2.26 bits per heavy atom. The SMILES string of the molecule is COc1cc(CC2NCCc3cc(O)c(O)c(F)c32)cc(OC)c1OC.Cl. The summed E-state index contributed by atoms with van der Waals surface area (Å²) < 4.78 is 30.6. The number of benzene rings is 2. The Morgan fingerprint density at radius 2 is 1.70 bits per heavy atom. The zero-order valence-electron chi connectivity index (χ0n) is 15.3. The van der Waals surface area contributed by atoms with Crippen molar-refractivity contribution >= 4 is 12.4 Å². The predicted octanol–water partition coefficient (Wildman–Crippen LogP) is 3.11. The highest BCUT2D eigenvalue weighted by atomic mass is 35.5. The maximum Gasteiger partial charge on any atom is 0.203 e. The molecule has 0 spiro atoms. The summed E-state index contributed by atoms with van der Waals surface area (Å²) in [5.41, 5.74) is 1.92. The number of hydrogen-bond acceptors (Lipinski definition) is 6. The van der Waals surface area contributed by atoms with Crippen molar-refractivity contribution in [3.8, 4) is 28.7 Å². The van der Waals surface area contributed by atoms with E-state index in [2.05, 4.69) is 5.32 Å². The number of nitrogens with one attached hydrogen (secondary N) is 1. The third-order valence-electron chi connectivity index (χ3n) is 4.64. The summed E-state index contributed by atoms with van der Waals surface area (Å²) in [6, 6.07) is 4.70. The molecule has 1 unspecified atom stereocenters. The molecule has 1 heterocycles. The molecule has 0 amide bonds. The third kappa shape index (κ3) is 3.84. The van der Waals surface area contributed by atoms with Gasteiger partial charge >= 0.3 is 0 Å². The molecule has 3 rings (SSSR count). The van der Waals surface area contributed by atoms with Crippen molar-refractivity contribution in [2.24, 2.45) is 0 Å². The molecule has 0 aromatic heterocycles. The third-order valence-corrected chi connectivity index (χ3v) is 4.64. The van der Waals surface area contributed by atoms with E-state index in [1.165, 1.54) is 27.4 Å². The number of phenols is 2. The number of rotatable bonds is 5. The standard InChI is InChI=1S/C19H22FNO5.ClH/c1-24-14-7-10(8-15(25-2)19(14)26-3)6-12-16-11(4-5-21-12)9-13(22)18(23)17(16)20;/h7-9,12,21-23H,4-6H2,1-3H3;1H. The van der Waals surface area contributed by atoms with Crippen molar-refractivity contribution in [1.29, 1.82) is 0 Å². The molecule has 0 saturated carbocycles. The average Bonchev–Trinajstić information content (AvgIpc) is 2.65. The van der Waals surface area contributed by atoms with Crippen LogP contribution in [0.1, 0.15) is 22.7 Å². The van der Waals surface area contributed by atoms with Crippen molar-refractivity contribution in [3.63, 3.8) is 0 Å². The lowest BCUT2D eigenvalue weighted by Gasteiger charge is -2.28. The fourth-order valence-corrected chi connectivity index (χ4v) is 3.42. The first-order chi connectivity index (χ1) is 12.5. The van der Waals surface area contributed by atoms with Crippen molar-refractivity contribution in [2.75, 3.05) is 27.9 Å². The lowest BCUT2D eigenvalue weighted by atomic mass is 9.89. The van der Waals surface area contributed by atoms with E-state index in [9.17, 15) is 14.6 Å². The maximum absolute atomic E-state index is 14.6. The maximum atomic E-state index is 14.6. The smallest absolute Gasteiger partial charge is 0.203 e. The van der Waals surface area contributed by atoms with E-state index in [-0.39, 0.29) is 18.4 Å². The minimum atomic E-state index is -0.787. The van der Waals surface area contributed by atoms with Gasteiger partial charge < -0.3 is 29.7 Å². The number of ether oxygens (including phenoxy) is 3. The Morgan fingerprint density at radius 1 is 1.07 bits per heavy atom. The van der Waals surface area contributed by atoms with Crippen LogP contribution in [-0.2, 0) is 12.8 Å². The van der Waals surface area contributed by atoms with Crippen LogP contribution in [0, 0.1) is 5.82 Å². The number of methoxy groups -OCH3 is 3. The van der Waals surface area contributed by atoms with E-state index in [0.29, 0.717) is 47.8 Å². The van der Waals surface area contributed by atoms with Gasteiger partial charge in [-0.2, -0.15) is 0 Å².